The first-order chi connectivity index (χ1) is 9.65. The molecule has 1 fully saturated rings. The summed E-state index contributed by atoms with van der Waals surface area (Å²) in [5.41, 5.74) is 3.25. The summed E-state index contributed by atoms with van der Waals surface area (Å²) in [5, 5.41) is 3.57. The Kier molecular flexibility index (Phi) is 3.66. The van der Waals surface area contributed by atoms with Crippen molar-refractivity contribution in [1.82, 2.24) is 14.9 Å². The molecule has 0 aliphatic carbocycles. The number of nitrogens with one attached hydrogen (secondary N) is 2. The molecule has 0 saturated carbocycles. The van der Waals surface area contributed by atoms with Crippen LogP contribution in [0, 0.1) is 0 Å². The summed E-state index contributed by atoms with van der Waals surface area (Å²) < 4.78 is 1.82. The Morgan fingerprint density at radius 3 is 2.90 bits per heavy atom. The maximum absolute atomic E-state index is 12.0. The predicted molar refractivity (Wildman–Crippen MR) is 82.3 cm³/mol. The largest absolute Gasteiger partial charge is 0.326 e. The summed E-state index contributed by atoms with van der Waals surface area (Å²) in [6, 6.07) is 7.13. The Bertz CT molecular complexity index is 647. The van der Waals surface area contributed by atoms with Gasteiger partial charge in [0.2, 0.25) is 0 Å². The molecule has 20 heavy (non-hydrogen) atoms. The minimum Gasteiger partial charge on any atom is -0.314 e. The maximum atomic E-state index is 12.0. The number of aromatic amines is 1. The molecule has 1 aliphatic rings. The molecule has 1 atom stereocenters. The van der Waals surface area contributed by atoms with E-state index in [1.165, 1.54) is 24.8 Å². The summed E-state index contributed by atoms with van der Waals surface area (Å²) >= 11 is 0. The van der Waals surface area contributed by atoms with Crippen molar-refractivity contribution in [3.05, 3.63) is 34.2 Å². The fourth-order valence-electron chi connectivity index (χ4n) is 3.20. The van der Waals surface area contributed by atoms with Crippen molar-refractivity contribution in [3.63, 3.8) is 0 Å². The number of aromatic nitrogens is 2. The van der Waals surface area contributed by atoms with Gasteiger partial charge in [-0.25, -0.2) is 4.79 Å². The van der Waals surface area contributed by atoms with Crippen molar-refractivity contribution in [1.29, 1.82) is 0 Å². The normalized spacial score (nSPS) is 19.9. The van der Waals surface area contributed by atoms with Crippen LogP contribution >= 0.6 is 0 Å². The molecule has 108 valence electrons. The Labute approximate surface area is 119 Å². The van der Waals surface area contributed by atoms with Crippen LogP contribution in [0.2, 0.25) is 0 Å². The molecule has 2 N–H and O–H groups in total. The number of fused-ring (bicyclic) bond motifs is 1. The van der Waals surface area contributed by atoms with E-state index in [2.05, 4.69) is 28.5 Å². The van der Waals surface area contributed by atoms with Crippen molar-refractivity contribution >= 4 is 11.0 Å². The van der Waals surface area contributed by atoms with E-state index in [4.69, 9.17) is 0 Å². The zero-order chi connectivity index (χ0) is 14.1. The van der Waals surface area contributed by atoms with Crippen LogP contribution < -0.4 is 11.0 Å². The van der Waals surface area contributed by atoms with Gasteiger partial charge in [0.1, 0.15) is 0 Å². The lowest BCUT2D eigenvalue weighted by Gasteiger charge is -2.23. The highest BCUT2D eigenvalue weighted by atomic mass is 16.1. The monoisotopic (exact) mass is 273 g/mol. The zero-order valence-electron chi connectivity index (χ0n) is 12.3. The second-order valence-electron chi connectivity index (χ2n) is 6.10. The number of benzene rings is 1. The highest BCUT2D eigenvalue weighted by Crippen LogP contribution is 2.19. The van der Waals surface area contributed by atoms with E-state index >= 15 is 0 Å². The minimum atomic E-state index is -0.0112. The van der Waals surface area contributed by atoms with Crippen LogP contribution in [0.25, 0.3) is 11.0 Å². The van der Waals surface area contributed by atoms with Crippen LogP contribution in [-0.4, -0.2) is 22.1 Å². The third-order valence-electron chi connectivity index (χ3n) is 4.19. The van der Waals surface area contributed by atoms with Crippen molar-refractivity contribution in [2.45, 2.75) is 51.6 Å². The lowest BCUT2D eigenvalue weighted by molar-refractivity contribution is 0.399. The van der Waals surface area contributed by atoms with Crippen LogP contribution in [0.1, 0.15) is 44.7 Å². The van der Waals surface area contributed by atoms with Gasteiger partial charge in [0.15, 0.2) is 0 Å². The molecule has 0 bridgehead atoms. The van der Waals surface area contributed by atoms with Crippen LogP contribution in [-0.2, 0) is 6.42 Å². The smallest absolute Gasteiger partial charge is 0.314 e. The van der Waals surface area contributed by atoms with E-state index in [-0.39, 0.29) is 11.7 Å². The van der Waals surface area contributed by atoms with Crippen molar-refractivity contribution in [2.75, 3.05) is 6.54 Å². The highest BCUT2D eigenvalue weighted by molar-refractivity contribution is 5.76. The second kappa shape index (κ2) is 5.44. The van der Waals surface area contributed by atoms with Gasteiger partial charge < -0.3 is 10.3 Å². The van der Waals surface area contributed by atoms with Crippen LogP contribution in [0.5, 0.6) is 0 Å². The second-order valence-corrected chi connectivity index (χ2v) is 6.10. The Balaban J connectivity index is 1.89. The molecule has 2 aromatic rings. The van der Waals surface area contributed by atoms with Gasteiger partial charge in [-0.05, 0) is 57.4 Å². The first kappa shape index (κ1) is 13.4. The van der Waals surface area contributed by atoms with Gasteiger partial charge >= 0.3 is 5.69 Å². The van der Waals surface area contributed by atoms with Crippen molar-refractivity contribution < 1.29 is 0 Å². The summed E-state index contributed by atoms with van der Waals surface area (Å²) in [6.07, 6.45) is 4.91. The Hall–Kier alpha value is -1.55. The third kappa shape index (κ3) is 2.52. The van der Waals surface area contributed by atoms with Gasteiger partial charge in [-0.3, -0.25) is 4.57 Å². The molecule has 1 aromatic carbocycles. The molecule has 1 saturated heterocycles. The number of hydrogen-bond acceptors (Lipinski definition) is 2. The molecule has 3 rings (SSSR count). The average molecular weight is 273 g/mol. The standard InChI is InChI=1S/C16H23N3O/c1-11(2)19-15-7-6-12(10-14(15)18-16(19)20)9-13-5-3-4-8-17-13/h6-7,10-11,13,17H,3-5,8-9H2,1-2H3,(H,18,20). The van der Waals surface area contributed by atoms with Crippen LogP contribution in [0.4, 0.5) is 0 Å². The molecule has 2 heterocycles. The van der Waals surface area contributed by atoms with E-state index in [1.807, 2.05) is 18.4 Å². The SMILES string of the molecule is CC(C)n1c(=O)[nH]c2cc(CC3CCCCN3)ccc21. The predicted octanol–water partition coefficient (Wildman–Crippen LogP) is 2.60. The number of imidazole rings is 1. The summed E-state index contributed by atoms with van der Waals surface area (Å²) in [4.78, 5) is 14.9. The van der Waals surface area contributed by atoms with Crippen LogP contribution in [0.15, 0.2) is 23.0 Å². The third-order valence-corrected chi connectivity index (χ3v) is 4.19. The molecule has 0 amide bonds. The quantitative estimate of drug-likeness (QED) is 0.903. The number of hydrogen-bond donors (Lipinski definition) is 2. The fourth-order valence-corrected chi connectivity index (χ4v) is 3.20. The zero-order valence-corrected chi connectivity index (χ0v) is 12.3. The summed E-state index contributed by atoms with van der Waals surface area (Å²) in [5.74, 6) is 0. The first-order valence-corrected chi connectivity index (χ1v) is 7.61. The molecule has 1 unspecified atom stereocenters. The number of H-pyrrole nitrogens is 1. The summed E-state index contributed by atoms with van der Waals surface area (Å²) in [6.45, 7) is 5.20. The highest BCUT2D eigenvalue weighted by Gasteiger charge is 2.14. The van der Waals surface area contributed by atoms with Crippen molar-refractivity contribution in [2.24, 2.45) is 0 Å². The maximum Gasteiger partial charge on any atom is 0.326 e. The van der Waals surface area contributed by atoms with E-state index in [9.17, 15) is 4.79 Å². The number of nitrogens with zero attached hydrogens (tertiary/aromatic N) is 1. The van der Waals surface area contributed by atoms with Gasteiger partial charge in [0, 0.05) is 12.1 Å². The van der Waals surface area contributed by atoms with E-state index in [0.717, 1.165) is 24.0 Å². The van der Waals surface area contributed by atoms with Gasteiger partial charge in [-0.2, -0.15) is 0 Å². The first-order valence-electron chi connectivity index (χ1n) is 7.61. The van der Waals surface area contributed by atoms with Gasteiger partial charge in [-0.1, -0.05) is 12.5 Å². The minimum absolute atomic E-state index is 0.0112. The molecule has 4 heteroatoms. The molecule has 0 spiro atoms. The van der Waals surface area contributed by atoms with E-state index in [1.54, 1.807) is 0 Å². The molecular weight excluding hydrogens is 250 g/mol. The van der Waals surface area contributed by atoms with Gasteiger partial charge in [0.25, 0.3) is 0 Å². The molecular formula is C16H23N3O. The molecule has 1 aromatic heterocycles. The molecule has 1 aliphatic heterocycles. The lowest BCUT2D eigenvalue weighted by Crippen LogP contribution is -2.35. The fraction of sp³-hybridized carbons (Fsp3) is 0.562. The Morgan fingerprint density at radius 1 is 1.35 bits per heavy atom. The topological polar surface area (TPSA) is 49.8 Å². The molecule has 0 radical (unpaired) electrons. The van der Waals surface area contributed by atoms with Crippen LogP contribution in [0.3, 0.4) is 0 Å². The lowest BCUT2D eigenvalue weighted by atomic mass is 9.97. The Morgan fingerprint density at radius 2 is 2.20 bits per heavy atom. The number of piperidine rings is 1. The van der Waals surface area contributed by atoms with Gasteiger partial charge in [0.05, 0.1) is 11.0 Å². The number of rotatable bonds is 3. The van der Waals surface area contributed by atoms with Crippen molar-refractivity contribution in [3.8, 4) is 0 Å². The van der Waals surface area contributed by atoms with E-state index in [0.29, 0.717) is 6.04 Å². The van der Waals surface area contributed by atoms with Gasteiger partial charge in [-0.15, -0.1) is 0 Å². The summed E-state index contributed by atoms with van der Waals surface area (Å²) in [7, 11) is 0. The van der Waals surface area contributed by atoms with E-state index < -0.39 is 0 Å². The average Bonchev–Trinajstić information content (AvgIpc) is 2.75. The molecule has 4 nitrogen and oxygen atoms in total.